The van der Waals surface area contributed by atoms with Gasteiger partial charge in [-0.1, -0.05) is 42.5 Å². The number of phenolic OH excluding ortho intramolecular Hbond substituents is 1. The average molecular weight is 799 g/mol. The summed E-state index contributed by atoms with van der Waals surface area (Å²) in [5.41, 5.74) is 7.47. The summed E-state index contributed by atoms with van der Waals surface area (Å²) >= 11 is 0. The van der Waals surface area contributed by atoms with Crippen molar-refractivity contribution in [3.8, 4) is 17.2 Å². The number of likely N-dealkylation sites (tertiary alicyclic amines) is 1. The molecule has 0 radical (unpaired) electrons. The number of nitrogens with zero attached hydrogens (tertiary/aromatic N) is 3. The molecular formula is C48H51FN4O6. The molecule has 1 aliphatic carbocycles. The Morgan fingerprint density at radius 1 is 0.881 bits per heavy atom. The average Bonchev–Trinajstić information content (AvgIpc) is 3.76. The number of nitrogens with one attached hydrogen (secondary N) is 1. The lowest BCUT2D eigenvalue weighted by molar-refractivity contribution is -0.136. The number of ether oxygens (including phenoxy) is 2. The van der Waals surface area contributed by atoms with Crippen molar-refractivity contribution in [3.05, 3.63) is 118 Å². The third kappa shape index (κ3) is 6.62. The van der Waals surface area contributed by atoms with Crippen LogP contribution in [0.3, 0.4) is 0 Å². The molecule has 10 nitrogen and oxygen atoms in total. The predicted molar refractivity (Wildman–Crippen MR) is 221 cm³/mol. The van der Waals surface area contributed by atoms with Crippen molar-refractivity contribution in [1.82, 2.24) is 15.1 Å². The molecule has 1 spiro atoms. The van der Waals surface area contributed by atoms with Gasteiger partial charge in [-0.3, -0.25) is 19.7 Å². The zero-order valence-corrected chi connectivity index (χ0v) is 33.6. The molecule has 3 amide bonds. The molecular weight excluding hydrogens is 748 g/mol. The predicted octanol–water partition coefficient (Wildman–Crippen LogP) is 6.81. The molecule has 5 aliphatic heterocycles. The van der Waals surface area contributed by atoms with Crippen LogP contribution in [-0.4, -0.2) is 85.1 Å². The number of carbonyl (C=O) groups excluding carboxylic acids is 3. The number of fused-ring (bicyclic) bond motifs is 4. The normalized spacial score (nSPS) is 24.1. The first-order valence-electron chi connectivity index (χ1n) is 21.3. The standard InChI is InChI=1S/C48H51FN4O6/c1-58-45-36(43-34(30-5-3-2-4-6-30)9-7-31-23-33(54)8-10-35(31)43)11-12-39(44(45)49)52-19-15-29(16-20-52)26-51-21-17-48(18-22-51)28-59-41-25-37-32(24-38(41)48)27-53(47(37)57)40-13-14-42(55)50-46(40)56/h2-6,8,10-12,23-25,29,34,40,43,54H,7,9,13-22,26-28H2,1H3,(H,50,55,56)/t34-,40?,43+/m1/s1. The van der Waals surface area contributed by atoms with E-state index >= 15 is 4.39 Å². The molecule has 0 saturated carbocycles. The Balaban J connectivity index is 0.789. The van der Waals surface area contributed by atoms with Gasteiger partial charge in [-0.25, -0.2) is 4.39 Å². The summed E-state index contributed by atoms with van der Waals surface area (Å²) < 4.78 is 28.9. The van der Waals surface area contributed by atoms with Crippen LogP contribution in [0, 0.1) is 11.7 Å². The highest BCUT2D eigenvalue weighted by molar-refractivity contribution is 6.05. The molecule has 10 rings (SSSR count). The summed E-state index contributed by atoms with van der Waals surface area (Å²) in [4.78, 5) is 44.1. The van der Waals surface area contributed by atoms with Gasteiger partial charge >= 0.3 is 0 Å². The van der Waals surface area contributed by atoms with Crippen molar-refractivity contribution in [2.24, 2.45) is 5.92 Å². The highest BCUT2D eigenvalue weighted by atomic mass is 19.1. The second kappa shape index (κ2) is 15.0. The third-order valence-corrected chi connectivity index (χ3v) is 14.4. The minimum atomic E-state index is -0.634. The third-order valence-electron chi connectivity index (χ3n) is 14.4. The number of phenols is 1. The van der Waals surface area contributed by atoms with Gasteiger partial charge in [0, 0.05) is 60.6 Å². The van der Waals surface area contributed by atoms with Gasteiger partial charge in [-0.05, 0) is 122 Å². The van der Waals surface area contributed by atoms with E-state index in [9.17, 15) is 19.5 Å². The Bertz CT molecular complexity index is 2320. The summed E-state index contributed by atoms with van der Waals surface area (Å²) in [6, 6.07) is 23.5. The van der Waals surface area contributed by atoms with E-state index in [1.165, 1.54) is 11.1 Å². The van der Waals surface area contributed by atoms with E-state index in [1.54, 1.807) is 18.1 Å². The fourth-order valence-electron chi connectivity index (χ4n) is 11.2. The van der Waals surface area contributed by atoms with E-state index in [4.69, 9.17) is 9.47 Å². The van der Waals surface area contributed by atoms with Crippen molar-refractivity contribution in [2.75, 3.05) is 51.3 Å². The van der Waals surface area contributed by atoms with Crippen LogP contribution in [0.4, 0.5) is 10.1 Å². The van der Waals surface area contributed by atoms with Crippen LogP contribution in [0.2, 0.25) is 0 Å². The summed E-state index contributed by atoms with van der Waals surface area (Å²) in [7, 11) is 1.57. The van der Waals surface area contributed by atoms with Crippen LogP contribution in [0.25, 0.3) is 0 Å². The number of halogens is 1. The van der Waals surface area contributed by atoms with Gasteiger partial charge in [0.1, 0.15) is 17.5 Å². The number of hydrogen-bond acceptors (Lipinski definition) is 8. The van der Waals surface area contributed by atoms with E-state index in [0.717, 1.165) is 99.3 Å². The number of benzene rings is 4. The zero-order chi connectivity index (χ0) is 40.4. The van der Waals surface area contributed by atoms with Crippen molar-refractivity contribution < 1.29 is 33.4 Å². The van der Waals surface area contributed by atoms with Crippen molar-refractivity contribution in [1.29, 1.82) is 0 Å². The Kier molecular flexibility index (Phi) is 9.61. The fourth-order valence-corrected chi connectivity index (χ4v) is 11.2. The van der Waals surface area contributed by atoms with Gasteiger partial charge in [0.25, 0.3) is 5.91 Å². The van der Waals surface area contributed by atoms with Crippen LogP contribution in [0.5, 0.6) is 17.2 Å². The Hall–Kier alpha value is -5.42. The highest BCUT2D eigenvalue weighted by Gasteiger charge is 2.46. The number of piperidine rings is 3. The first-order valence-corrected chi connectivity index (χ1v) is 21.3. The van der Waals surface area contributed by atoms with Crippen molar-refractivity contribution >= 4 is 23.4 Å². The van der Waals surface area contributed by atoms with Crippen LogP contribution >= 0.6 is 0 Å². The number of carbonyl (C=O) groups is 3. The Morgan fingerprint density at radius 3 is 2.42 bits per heavy atom. The molecule has 11 heteroatoms. The zero-order valence-electron chi connectivity index (χ0n) is 33.6. The fraction of sp³-hybridized carbons (Fsp3) is 0.438. The molecule has 6 aliphatic rings. The number of hydrogen-bond donors (Lipinski definition) is 2. The monoisotopic (exact) mass is 798 g/mol. The van der Waals surface area contributed by atoms with E-state index in [1.807, 2.05) is 30.3 Å². The SMILES string of the molecule is COc1c([C@@H]2c3ccc(O)cc3CC[C@@H]2c2ccccc2)ccc(N2CCC(CN3CCC4(CC3)COc3cc5c(cc34)CN(C3CCC(=O)NC3=O)C5=O)CC2)c1F. The van der Waals surface area contributed by atoms with E-state index < -0.39 is 11.9 Å². The quantitative estimate of drug-likeness (QED) is 0.197. The van der Waals surface area contributed by atoms with Crippen LogP contribution < -0.4 is 19.7 Å². The molecule has 5 heterocycles. The smallest absolute Gasteiger partial charge is 0.255 e. The van der Waals surface area contributed by atoms with Gasteiger partial charge in [0.2, 0.25) is 11.8 Å². The largest absolute Gasteiger partial charge is 0.508 e. The van der Waals surface area contributed by atoms with Gasteiger partial charge < -0.3 is 29.3 Å². The number of aryl methyl sites for hydroxylation is 1. The topological polar surface area (TPSA) is 112 Å². The van der Waals surface area contributed by atoms with E-state index in [2.05, 4.69) is 51.5 Å². The summed E-state index contributed by atoms with van der Waals surface area (Å²) in [5, 5.41) is 12.7. The second-order valence-electron chi connectivity index (χ2n) is 17.6. The maximum atomic E-state index is 16.7. The number of imide groups is 1. The van der Waals surface area contributed by atoms with Crippen LogP contribution in [0.15, 0.2) is 72.8 Å². The number of methoxy groups -OCH3 is 1. The molecule has 4 aromatic carbocycles. The lowest BCUT2D eigenvalue weighted by Gasteiger charge is -2.41. The molecule has 0 aromatic heterocycles. The first-order chi connectivity index (χ1) is 28.7. The van der Waals surface area contributed by atoms with Gasteiger partial charge in [0.15, 0.2) is 11.6 Å². The minimum Gasteiger partial charge on any atom is -0.508 e. The summed E-state index contributed by atoms with van der Waals surface area (Å²) in [6.07, 6.45) is 6.22. The minimum absolute atomic E-state index is 0.0966. The number of amides is 3. The molecule has 306 valence electrons. The lowest BCUT2D eigenvalue weighted by atomic mass is 9.69. The Labute approximate surface area is 344 Å². The molecule has 59 heavy (non-hydrogen) atoms. The van der Waals surface area contributed by atoms with Gasteiger partial charge in [0.05, 0.1) is 19.4 Å². The Morgan fingerprint density at radius 2 is 1.66 bits per heavy atom. The number of aromatic hydroxyl groups is 1. The molecule has 2 N–H and O–H groups in total. The number of rotatable bonds is 7. The first kappa shape index (κ1) is 37.8. The molecule has 0 bridgehead atoms. The summed E-state index contributed by atoms with van der Waals surface area (Å²) in [5.74, 6) is 0.720. The molecule has 1 unspecified atom stereocenters. The summed E-state index contributed by atoms with van der Waals surface area (Å²) in [6.45, 7) is 5.47. The molecule has 3 atom stereocenters. The second-order valence-corrected chi connectivity index (χ2v) is 17.6. The van der Waals surface area contributed by atoms with Crippen LogP contribution in [0.1, 0.15) is 101 Å². The van der Waals surface area contributed by atoms with E-state index in [-0.39, 0.29) is 47.1 Å². The molecule has 4 aromatic rings. The van der Waals surface area contributed by atoms with Crippen molar-refractivity contribution in [3.63, 3.8) is 0 Å². The van der Waals surface area contributed by atoms with Crippen molar-refractivity contribution in [2.45, 2.75) is 81.2 Å². The number of anilines is 1. The maximum Gasteiger partial charge on any atom is 0.255 e. The lowest BCUT2D eigenvalue weighted by Crippen LogP contribution is -2.52. The van der Waals surface area contributed by atoms with Gasteiger partial charge in [-0.2, -0.15) is 0 Å². The highest BCUT2D eigenvalue weighted by Crippen LogP contribution is 2.51. The van der Waals surface area contributed by atoms with Gasteiger partial charge in [-0.15, -0.1) is 0 Å². The maximum absolute atomic E-state index is 16.7. The van der Waals surface area contributed by atoms with E-state index in [0.29, 0.717) is 42.5 Å². The van der Waals surface area contributed by atoms with Crippen LogP contribution in [-0.2, 0) is 28.0 Å². The molecule has 3 fully saturated rings. The molecule has 3 saturated heterocycles.